The first-order valence-corrected chi connectivity index (χ1v) is 9.30. The van der Waals surface area contributed by atoms with Crippen LogP contribution in [0.25, 0.3) is 0 Å². The number of aliphatic imine (C=N–C) groups is 1. The van der Waals surface area contributed by atoms with Crippen molar-refractivity contribution in [3.8, 4) is 5.75 Å². The molecule has 160 valence electrons. The predicted molar refractivity (Wildman–Crippen MR) is 118 cm³/mol. The SMILES string of the molecule is CN=C(NCc1ccccc1OC(F)F)NCC(C(C)C)N1CCOCC1.I. The van der Waals surface area contributed by atoms with Crippen LogP contribution in [0.5, 0.6) is 5.75 Å². The Morgan fingerprint density at radius 3 is 2.50 bits per heavy atom. The van der Waals surface area contributed by atoms with Gasteiger partial charge in [0.25, 0.3) is 0 Å². The van der Waals surface area contributed by atoms with Crippen molar-refractivity contribution in [2.75, 3.05) is 39.9 Å². The lowest BCUT2D eigenvalue weighted by molar-refractivity contribution is -0.0504. The van der Waals surface area contributed by atoms with E-state index in [0.29, 0.717) is 30.0 Å². The minimum absolute atomic E-state index is 0. The lowest BCUT2D eigenvalue weighted by Gasteiger charge is -2.37. The number of benzene rings is 1. The molecule has 0 saturated carbocycles. The monoisotopic (exact) mass is 512 g/mol. The zero-order valence-electron chi connectivity index (χ0n) is 16.7. The highest BCUT2D eigenvalue weighted by molar-refractivity contribution is 14.0. The zero-order valence-corrected chi connectivity index (χ0v) is 19.0. The molecule has 2 N–H and O–H groups in total. The second-order valence-corrected chi connectivity index (χ2v) is 6.75. The molecule has 6 nitrogen and oxygen atoms in total. The van der Waals surface area contributed by atoms with Crippen molar-refractivity contribution in [2.24, 2.45) is 10.9 Å². The van der Waals surface area contributed by atoms with E-state index >= 15 is 0 Å². The van der Waals surface area contributed by atoms with Crippen LogP contribution in [0.2, 0.25) is 0 Å². The van der Waals surface area contributed by atoms with Crippen molar-refractivity contribution >= 4 is 29.9 Å². The lowest BCUT2D eigenvalue weighted by atomic mass is 10.0. The molecule has 0 spiro atoms. The fourth-order valence-corrected chi connectivity index (χ4v) is 3.16. The molecule has 0 aromatic heterocycles. The quantitative estimate of drug-likeness (QED) is 0.319. The van der Waals surface area contributed by atoms with E-state index in [4.69, 9.17) is 4.74 Å². The molecule has 1 heterocycles. The molecule has 1 aliphatic rings. The van der Waals surface area contributed by atoms with Gasteiger partial charge in [0.2, 0.25) is 0 Å². The van der Waals surface area contributed by atoms with Gasteiger partial charge in [0.1, 0.15) is 5.75 Å². The van der Waals surface area contributed by atoms with E-state index < -0.39 is 6.61 Å². The maximum atomic E-state index is 12.5. The number of morpholine rings is 1. The second-order valence-electron chi connectivity index (χ2n) is 6.75. The van der Waals surface area contributed by atoms with E-state index in [-0.39, 0.29) is 29.7 Å². The average Bonchev–Trinajstić information content (AvgIpc) is 2.65. The Hall–Kier alpha value is -1.20. The number of alkyl halides is 2. The van der Waals surface area contributed by atoms with Gasteiger partial charge >= 0.3 is 6.61 Å². The number of nitrogens with zero attached hydrogens (tertiary/aromatic N) is 2. The van der Waals surface area contributed by atoms with Gasteiger partial charge in [-0.25, -0.2) is 0 Å². The Bertz CT molecular complexity index is 599. The van der Waals surface area contributed by atoms with E-state index in [1.54, 1.807) is 25.2 Å². The van der Waals surface area contributed by atoms with Gasteiger partial charge in [-0.15, -0.1) is 24.0 Å². The molecule has 1 atom stereocenters. The van der Waals surface area contributed by atoms with Crippen molar-refractivity contribution in [1.29, 1.82) is 0 Å². The molecule has 1 aromatic carbocycles. The summed E-state index contributed by atoms with van der Waals surface area (Å²) in [6, 6.07) is 7.11. The molecule has 1 fully saturated rings. The molecule has 28 heavy (non-hydrogen) atoms. The van der Waals surface area contributed by atoms with Crippen molar-refractivity contribution in [3.05, 3.63) is 29.8 Å². The summed E-state index contributed by atoms with van der Waals surface area (Å²) in [5.41, 5.74) is 0.648. The number of rotatable bonds is 8. The van der Waals surface area contributed by atoms with E-state index in [2.05, 4.69) is 39.1 Å². The van der Waals surface area contributed by atoms with Crippen LogP contribution in [0.1, 0.15) is 19.4 Å². The van der Waals surface area contributed by atoms with Crippen LogP contribution in [0.4, 0.5) is 8.78 Å². The highest BCUT2D eigenvalue weighted by Crippen LogP contribution is 2.20. The van der Waals surface area contributed by atoms with Gasteiger partial charge < -0.3 is 20.1 Å². The molecule has 0 radical (unpaired) electrons. The van der Waals surface area contributed by atoms with Crippen molar-refractivity contribution in [2.45, 2.75) is 33.0 Å². The van der Waals surface area contributed by atoms with Crippen LogP contribution in [0.3, 0.4) is 0 Å². The summed E-state index contributed by atoms with van der Waals surface area (Å²) in [7, 11) is 1.69. The molecule has 0 bridgehead atoms. The van der Waals surface area contributed by atoms with Gasteiger partial charge in [0, 0.05) is 44.8 Å². The number of hydrogen-bond donors (Lipinski definition) is 2. The summed E-state index contributed by atoms with van der Waals surface area (Å²) >= 11 is 0. The van der Waals surface area contributed by atoms with E-state index in [9.17, 15) is 8.78 Å². The minimum Gasteiger partial charge on any atom is -0.434 e. The molecule has 1 saturated heterocycles. The Morgan fingerprint density at radius 1 is 1.21 bits per heavy atom. The highest BCUT2D eigenvalue weighted by Gasteiger charge is 2.23. The molecular weight excluding hydrogens is 481 g/mol. The Kier molecular flexibility index (Phi) is 11.6. The molecule has 9 heteroatoms. The van der Waals surface area contributed by atoms with Gasteiger partial charge in [0.05, 0.1) is 13.2 Å². The molecule has 1 aromatic rings. The Labute approximate surface area is 183 Å². The van der Waals surface area contributed by atoms with Gasteiger partial charge in [-0.05, 0) is 12.0 Å². The smallest absolute Gasteiger partial charge is 0.387 e. The van der Waals surface area contributed by atoms with Gasteiger partial charge in [-0.3, -0.25) is 9.89 Å². The topological polar surface area (TPSA) is 58.1 Å². The number of hydrogen-bond acceptors (Lipinski definition) is 4. The van der Waals surface area contributed by atoms with E-state index in [1.807, 2.05) is 0 Å². The summed E-state index contributed by atoms with van der Waals surface area (Å²) < 4.78 is 35.1. The normalized spacial score (nSPS) is 16.6. The summed E-state index contributed by atoms with van der Waals surface area (Å²) in [6.07, 6.45) is 0. The van der Waals surface area contributed by atoms with Crippen LogP contribution in [-0.4, -0.2) is 63.4 Å². The lowest BCUT2D eigenvalue weighted by Crippen LogP contribution is -2.52. The van der Waals surface area contributed by atoms with E-state index in [0.717, 1.165) is 32.8 Å². The summed E-state index contributed by atoms with van der Waals surface area (Å²) in [4.78, 5) is 6.66. The van der Waals surface area contributed by atoms with Gasteiger partial charge in [-0.1, -0.05) is 32.0 Å². The molecule has 0 amide bonds. The highest BCUT2D eigenvalue weighted by atomic mass is 127. The summed E-state index contributed by atoms with van der Waals surface area (Å²) in [5.74, 6) is 1.28. The largest absolute Gasteiger partial charge is 0.434 e. The third-order valence-electron chi connectivity index (χ3n) is 4.62. The summed E-state index contributed by atoms with van der Waals surface area (Å²) in [6.45, 7) is 6.02. The molecular formula is C19H31F2IN4O2. The first-order valence-electron chi connectivity index (χ1n) is 9.30. The standard InChI is InChI=1S/C19H30F2N4O2.HI/c1-14(2)16(25-8-10-26-11-9-25)13-24-19(22-3)23-12-15-6-4-5-7-17(15)27-18(20)21;/h4-7,14,16,18H,8-13H2,1-3H3,(H2,22,23,24);1H. The van der Waals surface area contributed by atoms with Crippen LogP contribution in [0, 0.1) is 5.92 Å². The second kappa shape index (κ2) is 13.1. The first kappa shape index (κ1) is 24.8. The fourth-order valence-electron chi connectivity index (χ4n) is 3.16. The first-order chi connectivity index (χ1) is 13.0. The molecule has 2 rings (SSSR count). The van der Waals surface area contributed by atoms with E-state index in [1.165, 1.54) is 6.07 Å². The maximum Gasteiger partial charge on any atom is 0.387 e. The predicted octanol–water partition coefficient (Wildman–Crippen LogP) is 2.93. The number of ether oxygens (including phenoxy) is 2. The average molecular weight is 512 g/mol. The van der Waals surface area contributed by atoms with Crippen molar-refractivity contribution in [3.63, 3.8) is 0 Å². The van der Waals surface area contributed by atoms with Crippen LogP contribution >= 0.6 is 24.0 Å². The van der Waals surface area contributed by atoms with Crippen LogP contribution in [0.15, 0.2) is 29.3 Å². The summed E-state index contributed by atoms with van der Waals surface area (Å²) in [5, 5.41) is 6.51. The number of nitrogens with one attached hydrogen (secondary N) is 2. The Balaban J connectivity index is 0.00000392. The molecule has 1 aliphatic heterocycles. The van der Waals surface area contributed by atoms with Crippen molar-refractivity contribution < 1.29 is 18.3 Å². The van der Waals surface area contributed by atoms with Crippen LogP contribution in [-0.2, 0) is 11.3 Å². The maximum absolute atomic E-state index is 12.5. The third kappa shape index (κ3) is 8.04. The molecule has 1 unspecified atom stereocenters. The number of para-hydroxylation sites is 1. The number of halogens is 3. The number of guanidine groups is 1. The van der Waals surface area contributed by atoms with Crippen LogP contribution < -0.4 is 15.4 Å². The van der Waals surface area contributed by atoms with Gasteiger partial charge in [-0.2, -0.15) is 8.78 Å². The Morgan fingerprint density at radius 2 is 1.89 bits per heavy atom. The fraction of sp³-hybridized carbons (Fsp3) is 0.632. The molecule has 0 aliphatic carbocycles. The third-order valence-corrected chi connectivity index (χ3v) is 4.62. The van der Waals surface area contributed by atoms with Gasteiger partial charge in [0.15, 0.2) is 5.96 Å². The van der Waals surface area contributed by atoms with Crippen molar-refractivity contribution in [1.82, 2.24) is 15.5 Å². The minimum atomic E-state index is -2.84. The zero-order chi connectivity index (χ0) is 19.6.